The lowest BCUT2D eigenvalue weighted by molar-refractivity contribution is 1.18. The van der Waals surface area contributed by atoms with E-state index in [4.69, 9.17) is 0 Å². The molecule has 0 spiro atoms. The number of benzene rings is 8. The van der Waals surface area contributed by atoms with Crippen molar-refractivity contribution in [2.75, 3.05) is 4.90 Å². The Bertz CT molecular complexity index is 2590. The predicted octanol–water partition coefficient (Wildman–Crippen LogP) is 12.7. The van der Waals surface area contributed by atoms with Gasteiger partial charge in [0.05, 0.1) is 11.0 Å². The standard InChI is InChI=1S/C46H30N2/c1-3-12-33(13-4-1)47(34-14-5-2-6-15-34)35-26-22-31(23-27-35)32-24-28-36(29-25-32)48-43-21-10-9-18-40(43)46-41-20-11-19-39-37-16-7-8-17-38(37)42(45(39)41)30-44(46)48/h1-30H. The summed E-state index contributed by atoms with van der Waals surface area (Å²) >= 11 is 0. The molecule has 0 aliphatic heterocycles. The first kappa shape index (κ1) is 26.8. The summed E-state index contributed by atoms with van der Waals surface area (Å²) in [6.07, 6.45) is 0. The smallest absolute Gasteiger partial charge is 0.0553 e. The Morgan fingerprint density at radius 2 is 0.854 bits per heavy atom. The molecule has 0 bridgehead atoms. The highest BCUT2D eigenvalue weighted by Crippen LogP contribution is 2.51. The normalized spacial score (nSPS) is 11.8. The van der Waals surface area contributed by atoms with E-state index in [0.29, 0.717) is 0 Å². The van der Waals surface area contributed by atoms with E-state index < -0.39 is 0 Å². The fraction of sp³-hybridized carbons (Fsp3) is 0. The maximum atomic E-state index is 2.44. The molecule has 8 aromatic carbocycles. The summed E-state index contributed by atoms with van der Waals surface area (Å²) in [5, 5.41) is 5.29. The van der Waals surface area contributed by atoms with E-state index >= 15 is 0 Å². The van der Waals surface area contributed by atoms with Crippen LogP contribution in [0.15, 0.2) is 182 Å². The number of hydrogen-bond acceptors (Lipinski definition) is 1. The molecule has 9 aromatic rings. The molecule has 0 fully saturated rings. The van der Waals surface area contributed by atoms with E-state index in [1.807, 2.05) is 0 Å². The average Bonchev–Trinajstić information content (AvgIpc) is 3.67. The van der Waals surface area contributed by atoms with Gasteiger partial charge in [-0.15, -0.1) is 0 Å². The zero-order valence-corrected chi connectivity index (χ0v) is 26.2. The van der Waals surface area contributed by atoms with Crippen molar-refractivity contribution in [3.8, 4) is 39.1 Å². The molecule has 2 heteroatoms. The van der Waals surface area contributed by atoms with Gasteiger partial charge in [0.1, 0.15) is 0 Å². The maximum absolute atomic E-state index is 2.44. The van der Waals surface area contributed by atoms with Gasteiger partial charge in [-0.1, -0.05) is 121 Å². The molecule has 0 radical (unpaired) electrons. The van der Waals surface area contributed by atoms with Gasteiger partial charge in [0.25, 0.3) is 0 Å². The SMILES string of the molecule is c1ccc(N(c2ccccc2)c2ccc(-c3ccc(-n4c5ccccc5c5c6cccc7c6c(cc54)-c4ccccc4-7)cc3)cc2)cc1. The Morgan fingerprint density at radius 1 is 0.333 bits per heavy atom. The largest absolute Gasteiger partial charge is 0.311 e. The first-order valence-electron chi connectivity index (χ1n) is 16.5. The third kappa shape index (κ3) is 4.00. The molecule has 1 aromatic heterocycles. The van der Waals surface area contributed by atoms with Gasteiger partial charge < -0.3 is 9.47 Å². The van der Waals surface area contributed by atoms with Gasteiger partial charge in [-0.3, -0.25) is 0 Å². The molecule has 1 aliphatic carbocycles. The number of aromatic nitrogens is 1. The van der Waals surface area contributed by atoms with E-state index in [2.05, 4.69) is 191 Å². The molecule has 0 saturated heterocycles. The molecule has 48 heavy (non-hydrogen) atoms. The quantitative estimate of drug-likeness (QED) is 0.188. The monoisotopic (exact) mass is 610 g/mol. The Balaban J connectivity index is 1.08. The van der Waals surface area contributed by atoms with Crippen LogP contribution in [0.25, 0.3) is 71.6 Å². The van der Waals surface area contributed by atoms with E-state index in [-0.39, 0.29) is 0 Å². The minimum atomic E-state index is 1.13. The summed E-state index contributed by atoms with van der Waals surface area (Å²) in [5.74, 6) is 0. The summed E-state index contributed by atoms with van der Waals surface area (Å²) in [6.45, 7) is 0. The summed E-state index contributed by atoms with van der Waals surface area (Å²) < 4.78 is 2.44. The second-order valence-corrected chi connectivity index (χ2v) is 12.5. The second kappa shape index (κ2) is 10.6. The molecule has 0 atom stereocenters. The van der Waals surface area contributed by atoms with Gasteiger partial charge in [0, 0.05) is 33.5 Å². The Hall–Kier alpha value is -6.38. The molecule has 0 N–H and O–H groups in total. The minimum absolute atomic E-state index is 1.13. The van der Waals surface area contributed by atoms with Crippen molar-refractivity contribution in [2.45, 2.75) is 0 Å². The van der Waals surface area contributed by atoms with Crippen LogP contribution in [-0.2, 0) is 0 Å². The van der Waals surface area contributed by atoms with Crippen molar-refractivity contribution in [1.29, 1.82) is 0 Å². The minimum Gasteiger partial charge on any atom is -0.311 e. The third-order valence-corrected chi connectivity index (χ3v) is 9.92. The molecule has 0 unspecified atom stereocenters. The van der Waals surface area contributed by atoms with Crippen molar-refractivity contribution in [2.24, 2.45) is 0 Å². The highest BCUT2D eigenvalue weighted by molar-refractivity contribution is 6.29. The van der Waals surface area contributed by atoms with Gasteiger partial charge in [0.2, 0.25) is 0 Å². The molecule has 2 nitrogen and oxygen atoms in total. The van der Waals surface area contributed by atoms with Crippen LogP contribution in [0.4, 0.5) is 17.1 Å². The Morgan fingerprint density at radius 3 is 1.54 bits per heavy atom. The maximum Gasteiger partial charge on any atom is 0.0553 e. The Labute approximate surface area is 279 Å². The zero-order valence-electron chi connectivity index (χ0n) is 26.2. The van der Waals surface area contributed by atoms with Gasteiger partial charge in [-0.2, -0.15) is 0 Å². The van der Waals surface area contributed by atoms with Crippen LogP contribution >= 0.6 is 0 Å². The summed E-state index contributed by atoms with van der Waals surface area (Å²) in [5.41, 5.74) is 14.7. The van der Waals surface area contributed by atoms with Gasteiger partial charge in [0.15, 0.2) is 0 Å². The number of rotatable bonds is 5. The van der Waals surface area contributed by atoms with Crippen molar-refractivity contribution in [1.82, 2.24) is 4.57 Å². The van der Waals surface area contributed by atoms with Crippen LogP contribution in [0, 0.1) is 0 Å². The van der Waals surface area contributed by atoms with Crippen LogP contribution in [0.3, 0.4) is 0 Å². The van der Waals surface area contributed by atoms with Crippen molar-refractivity contribution < 1.29 is 0 Å². The average molecular weight is 611 g/mol. The lowest BCUT2D eigenvalue weighted by Gasteiger charge is -2.25. The summed E-state index contributed by atoms with van der Waals surface area (Å²) in [4.78, 5) is 2.30. The van der Waals surface area contributed by atoms with Crippen molar-refractivity contribution >= 4 is 49.6 Å². The van der Waals surface area contributed by atoms with Crippen LogP contribution in [0.5, 0.6) is 0 Å². The highest BCUT2D eigenvalue weighted by atomic mass is 15.1. The third-order valence-electron chi connectivity index (χ3n) is 9.92. The molecule has 10 rings (SSSR count). The van der Waals surface area contributed by atoms with Gasteiger partial charge in [-0.25, -0.2) is 0 Å². The summed E-state index contributed by atoms with van der Waals surface area (Å²) in [6, 6.07) is 65.9. The second-order valence-electron chi connectivity index (χ2n) is 12.5. The highest BCUT2D eigenvalue weighted by Gasteiger charge is 2.25. The fourth-order valence-electron chi connectivity index (χ4n) is 7.81. The van der Waals surface area contributed by atoms with Crippen LogP contribution in [0.2, 0.25) is 0 Å². The van der Waals surface area contributed by atoms with E-state index in [0.717, 1.165) is 22.7 Å². The Kier molecular flexibility index (Phi) is 5.91. The first-order chi connectivity index (χ1) is 23.8. The van der Waals surface area contributed by atoms with Crippen LogP contribution in [0.1, 0.15) is 0 Å². The number of hydrogen-bond donors (Lipinski definition) is 0. The van der Waals surface area contributed by atoms with Gasteiger partial charge >= 0.3 is 0 Å². The summed E-state index contributed by atoms with van der Waals surface area (Å²) in [7, 11) is 0. The number of para-hydroxylation sites is 3. The molecular formula is C46H30N2. The topological polar surface area (TPSA) is 8.17 Å². The van der Waals surface area contributed by atoms with E-state index in [1.54, 1.807) is 0 Å². The lowest BCUT2D eigenvalue weighted by Crippen LogP contribution is -2.09. The fourth-order valence-corrected chi connectivity index (χ4v) is 7.81. The van der Waals surface area contributed by atoms with E-state index in [1.165, 1.54) is 66.0 Å². The van der Waals surface area contributed by atoms with Crippen molar-refractivity contribution in [3.63, 3.8) is 0 Å². The van der Waals surface area contributed by atoms with Crippen LogP contribution in [-0.4, -0.2) is 4.57 Å². The first-order valence-corrected chi connectivity index (χ1v) is 16.5. The van der Waals surface area contributed by atoms with Gasteiger partial charge in [-0.05, 0) is 105 Å². The predicted molar refractivity (Wildman–Crippen MR) is 203 cm³/mol. The molecule has 0 saturated carbocycles. The van der Waals surface area contributed by atoms with E-state index in [9.17, 15) is 0 Å². The molecule has 0 amide bonds. The lowest BCUT2D eigenvalue weighted by atomic mass is 9.98. The van der Waals surface area contributed by atoms with Crippen molar-refractivity contribution in [3.05, 3.63) is 182 Å². The number of anilines is 3. The number of fused-ring (bicyclic) bond motifs is 7. The van der Waals surface area contributed by atoms with Crippen LogP contribution < -0.4 is 4.90 Å². The molecule has 1 aliphatic rings. The molecule has 224 valence electrons. The molecular weight excluding hydrogens is 581 g/mol. The molecule has 1 heterocycles. The zero-order chi connectivity index (χ0) is 31.6. The number of nitrogens with zero attached hydrogens (tertiary/aromatic N) is 2.